The third kappa shape index (κ3) is 32.7. The molecule has 0 spiro atoms. The van der Waals surface area contributed by atoms with Crippen LogP contribution in [0.3, 0.4) is 0 Å². The molecule has 9 heavy (non-hydrogen) atoms. The minimum absolute atomic E-state index is 0.941. The molecular formula is C7H9CoP-2. The van der Waals surface area contributed by atoms with E-state index in [1.54, 1.807) is 6.08 Å². The van der Waals surface area contributed by atoms with Crippen molar-refractivity contribution < 1.29 is 14.8 Å². The van der Waals surface area contributed by atoms with Crippen LogP contribution in [-0.4, -0.2) is 0 Å². The summed E-state index contributed by atoms with van der Waals surface area (Å²) in [5.74, 6) is 1.83. The number of allylic oxidation sites excluding steroid dienone is 3. The Labute approximate surface area is 66.2 Å². The van der Waals surface area contributed by atoms with Gasteiger partial charge in [-0.3, -0.25) is 0 Å². The molecule has 53 valence electrons. The molecule has 0 aliphatic heterocycles. The number of hydrogen-bond donors (Lipinski definition) is 0. The van der Waals surface area contributed by atoms with Gasteiger partial charge in [0.2, 0.25) is 0 Å². The quantitative estimate of drug-likeness (QED) is 0.350. The van der Waals surface area contributed by atoms with Crippen LogP contribution in [0.1, 0.15) is 0 Å². The Morgan fingerprint density at radius 3 is 2.22 bits per heavy atom. The van der Waals surface area contributed by atoms with Crippen LogP contribution in [0, 0.1) is 13.5 Å². The predicted octanol–water partition coefficient (Wildman–Crippen LogP) is 2.90. The van der Waals surface area contributed by atoms with Gasteiger partial charge in [-0.05, 0) is 0 Å². The zero-order valence-corrected chi connectivity index (χ0v) is 7.02. The molecule has 0 aromatic rings. The molecule has 0 saturated heterocycles. The summed E-state index contributed by atoms with van der Waals surface area (Å²) in [6, 6.07) is 0. The van der Waals surface area contributed by atoms with Crippen LogP contribution in [0.2, 0.25) is 0 Å². The normalized spacial score (nSPS) is 8.11. The molecule has 0 N–H and O–H groups in total. The van der Waals surface area contributed by atoms with Crippen molar-refractivity contribution >= 4 is 6.87 Å². The topological polar surface area (TPSA) is 0 Å². The Balaban J connectivity index is 0. The molecule has 0 amide bonds. The van der Waals surface area contributed by atoms with Crippen molar-refractivity contribution in [3.8, 4) is 0 Å². The zero-order valence-electron chi connectivity index (χ0n) is 5.08. The predicted molar refractivity (Wildman–Crippen MR) is 40.5 cm³/mol. The van der Waals surface area contributed by atoms with E-state index in [4.69, 9.17) is 6.58 Å². The van der Waals surface area contributed by atoms with Gasteiger partial charge < -0.3 is 0 Å². The van der Waals surface area contributed by atoms with Crippen molar-refractivity contribution in [1.29, 1.82) is 0 Å². The van der Waals surface area contributed by atoms with Crippen LogP contribution >= 0.6 is 6.87 Å². The van der Waals surface area contributed by atoms with E-state index in [0.29, 0.717) is 0 Å². The molecule has 0 heterocycles. The first kappa shape index (κ1) is 11.7. The maximum atomic E-state index is 4.96. The van der Waals surface area contributed by atoms with Gasteiger partial charge in [0, 0.05) is 0 Å². The van der Waals surface area contributed by atoms with Gasteiger partial charge in [0.25, 0.3) is 0 Å². The van der Waals surface area contributed by atoms with E-state index in [1.807, 2.05) is 5.82 Å². The van der Waals surface area contributed by atoms with Gasteiger partial charge >= 0.3 is 46.2 Å². The molecule has 0 unspecified atom stereocenters. The molecule has 0 nitrogen and oxygen atoms in total. The summed E-state index contributed by atoms with van der Waals surface area (Å²) in [5, 5.41) is 0. The second-order valence-corrected chi connectivity index (χ2v) is 2.19. The van der Waals surface area contributed by atoms with Crippen LogP contribution in [-0.2, 0) is 14.8 Å². The average Bonchev–Trinajstić information content (AvgIpc) is 1.86. The summed E-state index contributed by atoms with van der Waals surface area (Å²) in [7, 11) is 0. The van der Waals surface area contributed by atoms with Crippen LogP contribution in [0.5, 0.6) is 0 Å². The molecule has 0 saturated carbocycles. The summed E-state index contributed by atoms with van der Waals surface area (Å²) in [6.45, 7) is 12.4. The Hall–Kier alpha value is -0.104. The summed E-state index contributed by atoms with van der Waals surface area (Å²) < 4.78 is 0. The molecule has 0 atom stereocenters. The summed E-state index contributed by atoms with van der Waals surface area (Å²) in [5.41, 5.74) is 0. The average molecular weight is 183 g/mol. The SMILES string of the molecule is C=C[CH2-].[CH-]=C/C=C\[P]=[Co]. The van der Waals surface area contributed by atoms with Crippen molar-refractivity contribution in [2.75, 3.05) is 0 Å². The molecule has 0 bridgehead atoms. The van der Waals surface area contributed by atoms with Crippen molar-refractivity contribution in [2.45, 2.75) is 0 Å². The Kier molecular flexibility index (Phi) is 20.3. The Bertz CT molecular complexity index is 95.5. The molecule has 0 aliphatic carbocycles. The van der Waals surface area contributed by atoms with Crippen LogP contribution in [0.25, 0.3) is 0 Å². The Morgan fingerprint density at radius 1 is 1.67 bits per heavy atom. The third-order valence-corrected chi connectivity index (χ3v) is 0.984. The fourth-order valence-corrected chi connectivity index (χ4v) is 0.504. The van der Waals surface area contributed by atoms with E-state index in [1.165, 1.54) is 12.2 Å². The van der Waals surface area contributed by atoms with Crippen molar-refractivity contribution in [3.63, 3.8) is 0 Å². The van der Waals surface area contributed by atoms with Gasteiger partial charge in [0.05, 0.1) is 0 Å². The fourth-order valence-electron chi connectivity index (χ4n) is 0.0784. The summed E-state index contributed by atoms with van der Waals surface area (Å²) >= 11 is 3.91. The van der Waals surface area contributed by atoms with E-state index in [9.17, 15) is 0 Å². The fraction of sp³-hybridized carbons (Fsp3) is 0. The number of hydrogen-bond acceptors (Lipinski definition) is 0. The van der Waals surface area contributed by atoms with Gasteiger partial charge in [-0.1, -0.05) is 0 Å². The van der Waals surface area contributed by atoms with Gasteiger partial charge in [-0.2, -0.15) is 0 Å². The molecule has 0 aliphatic rings. The van der Waals surface area contributed by atoms with Crippen molar-refractivity contribution in [2.24, 2.45) is 0 Å². The van der Waals surface area contributed by atoms with E-state index < -0.39 is 0 Å². The Morgan fingerprint density at radius 2 is 2.11 bits per heavy atom. The molecular weight excluding hydrogens is 174 g/mol. The van der Waals surface area contributed by atoms with Gasteiger partial charge in [0.1, 0.15) is 0 Å². The van der Waals surface area contributed by atoms with Gasteiger partial charge in [0.15, 0.2) is 0 Å². The van der Waals surface area contributed by atoms with Crippen LogP contribution in [0.15, 0.2) is 30.6 Å². The molecule has 2 heteroatoms. The maximum absolute atomic E-state index is 4.96. The van der Waals surface area contributed by atoms with Crippen molar-refractivity contribution in [3.05, 3.63) is 44.1 Å². The number of rotatable bonds is 2. The second-order valence-electron chi connectivity index (χ2n) is 0.909. The first-order valence-electron chi connectivity index (χ1n) is 2.22. The van der Waals surface area contributed by atoms with Crippen LogP contribution in [0.4, 0.5) is 0 Å². The van der Waals surface area contributed by atoms with E-state index in [-0.39, 0.29) is 0 Å². The van der Waals surface area contributed by atoms with E-state index in [0.717, 1.165) is 6.87 Å². The third-order valence-electron chi connectivity index (χ3n) is 0.247. The standard InChI is InChI=1S/C4H4P.C3H5.Co/c1-2-3-4-5;1-3-2;/h1-4H;3H,1-2H2;/q2*-1;/b4-3-;;. The summed E-state index contributed by atoms with van der Waals surface area (Å²) in [6.07, 6.45) is 4.72. The van der Waals surface area contributed by atoms with E-state index in [2.05, 4.69) is 28.3 Å². The zero-order chi connectivity index (χ0) is 7.54. The van der Waals surface area contributed by atoms with Crippen LogP contribution < -0.4 is 0 Å². The first-order chi connectivity index (χ1) is 4.33. The molecule has 0 aromatic carbocycles. The van der Waals surface area contributed by atoms with E-state index >= 15 is 0 Å². The minimum atomic E-state index is 0.941. The summed E-state index contributed by atoms with van der Waals surface area (Å²) in [4.78, 5) is 0. The molecule has 0 rings (SSSR count). The molecule has 0 fully saturated rings. The van der Waals surface area contributed by atoms with Gasteiger partial charge in [-0.15, -0.1) is 0 Å². The van der Waals surface area contributed by atoms with Crippen molar-refractivity contribution in [1.82, 2.24) is 0 Å². The molecule has 0 aromatic heterocycles. The second kappa shape index (κ2) is 15.7. The monoisotopic (exact) mass is 183 g/mol. The first-order valence-corrected chi connectivity index (χ1v) is 4.44. The molecule has 0 radical (unpaired) electrons. The van der Waals surface area contributed by atoms with Gasteiger partial charge in [-0.25, -0.2) is 19.6 Å².